The molecule has 5 saturated heterocycles. The van der Waals surface area contributed by atoms with E-state index in [0.717, 1.165) is 62.3 Å². The number of rotatable bonds is 27. The Morgan fingerprint density at radius 3 is 1.05 bits per heavy atom. The third kappa shape index (κ3) is 63.9. The zero-order valence-electron chi connectivity index (χ0n) is 63.4. The van der Waals surface area contributed by atoms with E-state index in [4.69, 9.17) is 4.74 Å². The molecule has 0 spiro atoms. The van der Waals surface area contributed by atoms with Gasteiger partial charge in [-0.1, -0.05) is 509 Å². The fraction of sp³-hybridized carbons (Fsp3) is 1.00. The molecule has 0 aromatic heterocycles. The highest BCUT2D eigenvalue weighted by molar-refractivity contribution is 14.3. The highest BCUT2D eigenvalue weighted by Crippen LogP contribution is 2.41. The number of unbranched alkanes of at least 4 members (excludes halogenated alkanes) is 2. The zero-order chi connectivity index (χ0) is 76.5. The molecule has 0 bridgehead atoms. The highest BCUT2D eigenvalue weighted by Gasteiger charge is 2.44. The fourth-order valence-corrected chi connectivity index (χ4v) is 62.5. The predicted octanol–water partition coefficient (Wildman–Crippen LogP) is 22.6. The number of hydrogen-bond donors (Lipinski definition) is 0. The number of nitrogens with zero attached hydrogens (tertiary/aromatic N) is 10. The lowest BCUT2D eigenvalue weighted by Crippen LogP contribution is -2.61. The van der Waals surface area contributed by atoms with Crippen molar-refractivity contribution >= 4 is 440 Å². The van der Waals surface area contributed by atoms with Crippen LogP contribution in [0.1, 0.15) is 215 Å². The molecule has 39 heteroatoms. The van der Waals surface area contributed by atoms with Crippen molar-refractivity contribution in [2.45, 2.75) is 250 Å². The van der Waals surface area contributed by atoms with Crippen LogP contribution in [-0.2, 0) is 4.74 Å². The molecular weight excluding hydrogens is 3430 g/mol. The highest BCUT2D eigenvalue weighted by atomic mass is 127. The molecule has 596 valence electrons. The molecule has 11 nitrogen and oxygen atoms in total. The molecular formula is C59H136I18N10OSSi9. The minimum Gasteiger partial charge on any atom is -0.379 e. The van der Waals surface area contributed by atoms with Crippen LogP contribution >= 0.6 is 404 Å². The van der Waals surface area contributed by atoms with Gasteiger partial charge in [0.15, 0.2) is 0 Å². The maximum Gasteiger partial charge on any atom is 0.248 e. The number of piperidine rings is 2. The Morgan fingerprint density at radius 1 is 0.439 bits per heavy atom. The lowest BCUT2D eigenvalue weighted by molar-refractivity contribution is 0.0564. The molecule has 5 aliphatic rings. The molecule has 0 aliphatic carbocycles. The van der Waals surface area contributed by atoms with E-state index in [-0.39, 0.29) is 0 Å². The van der Waals surface area contributed by atoms with E-state index < -0.39 is 35.6 Å². The van der Waals surface area contributed by atoms with Crippen LogP contribution in [0, 0.1) is 11.8 Å². The van der Waals surface area contributed by atoms with E-state index >= 15 is 0 Å². The second kappa shape index (κ2) is 74.6. The first-order valence-electron chi connectivity index (χ1n) is 35.8. The summed E-state index contributed by atoms with van der Waals surface area (Å²) in [5, 5.41) is 0. The van der Waals surface area contributed by atoms with Gasteiger partial charge >= 0.3 is 0 Å². The SMILES string of the molecule is CC(C)CN(CC(C)C)[SiH](I)I.CC1(C)CCCC(C)(C)N1[SiH](I)I.CC1CCCC(C)N1[SiH](I)I.CCC(C)N(C(C)CC)[SiH](I)I.CCCCN(CCCC)[SiH](I)I.CCCN(CCC)[SiH](I)I.CN1CCN([SiH](I)I)CC1.I[SiH](I)N1CCOCC1.I[SiH](I)N1CCSCC1. The van der Waals surface area contributed by atoms with E-state index in [1.54, 1.807) is 0 Å². The molecule has 0 aromatic carbocycles. The normalized spacial score (nSPS) is 20.4. The number of morpholine rings is 1. The second-order valence-corrected chi connectivity index (χ2v) is 168. The van der Waals surface area contributed by atoms with Crippen LogP contribution in [0.5, 0.6) is 0 Å². The first-order valence-corrected chi connectivity index (χ1v) is 117. The van der Waals surface area contributed by atoms with E-state index in [9.17, 15) is 0 Å². The van der Waals surface area contributed by atoms with Gasteiger partial charge in [0, 0.05) is 99.1 Å². The summed E-state index contributed by atoms with van der Waals surface area (Å²) in [7, 11) is 2.20. The first-order chi connectivity index (χ1) is 45.6. The van der Waals surface area contributed by atoms with Crippen LogP contribution in [-0.4, -0.2) is 240 Å². The molecule has 0 amide bonds. The lowest BCUT2D eigenvalue weighted by Gasteiger charge is -2.54. The van der Waals surface area contributed by atoms with Crippen molar-refractivity contribution in [1.29, 1.82) is 0 Å². The Labute approximate surface area is 856 Å². The number of ether oxygens (including phenoxy) is 1. The van der Waals surface area contributed by atoms with E-state index in [2.05, 4.69) is 582 Å². The Bertz CT molecular complexity index is 1710. The minimum absolute atomic E-state index is 0.432. The van der Waals surface area contributed by atoms with Crippen molar-refractivity contribution in [3.63, 3.8) is 0 Å². The average molecular weight is 3570 g/mol. The van der Waals surface area contributed by atoms with Gasteiger partial charge in [-0.15, -0.1) is 0 Å². The van der Waals surface area contributed by atoms with Crippen molar-refractivity contribution < 1.29 is 4.74 Å². The van der Waals surface area contributed by atoms with E-state index in [0.29, 0.717) is 11.1 Å². The van der Waals surface area contributed by atoms with Gasteiger partial charge in [0.05, 0.1) is 13.2 Å². The monoisotopic (exact) mass is 3570 g/mol. The third-order valence-corrected chi connectivity index (χ3v) is 68.5. The Hall–Kier alpha value is 15.0. The molecule has 5 fully saturated rings. The standard InChI is InChI=1S/C9H19I2NSi.3C8H19I2NSi.C7H15I2NSi.C6H15I2NSi.C5H12I2N2Si.C4H9I2NOSi.C4H9I2NSSi/c1-8(2)6-5-7-9(3,4)12(8)13(10)11;1-7(2)5-11(12(9)10)6-8(3)4;1-5-7(3)11(12(9)10)8(4)6-2;1-3-5-7-11(12(9)10)8-6-4-2;1-6-4-3-5-7(2)10(6)11(8)9;1-3-5-9(6-4-2)10(7)8;1-8-2-4-9(5-3-8)10(6)7;2*5-9(6)7-1-3-8-4-2-7/h13H,5-7H2,1-4H3;2*7-8,12H,5-6H2,1-4H3;12H,3-8H2,1-2H3;6-7,11H,3-5H2,1-2H3;10H,3-6H2,1-2H3;10H,2-5H2,1H3;2*9H,1-4H2. The molecule has 4 atom stereocenters. The van der Waals surface area contributed by atoms with Crippen molar-refractivity contribution in [2.75, 3.05) is 123 Å². The van der Waals surface area contributed by atoms with E-state index in [1.807, 2.05) is 0 Å². The van der Waals surface area contributed by atoms with Gasteiger partial charge in [-0.25, -0.2) is 0 Å². The summed E-state index contributed by atoms with van der Waals surface area (Å²) in [4.78, 5) is 2.40. The number of halogens is 18. The number of hydrogen-bond acceptors (Lipinski definition) is 12. The van der Waals surface area contributed by atoms with Crippen LogP contribution in [0.25, 0.3) is 0 Å². The summed E-state index contributed by atoms with van der Waals surface area (Å²) in [6.45, 7) is 61.7. The summed E-state index contributed by atoms with van der Waals surface area (Å²) in [6, 6.07) is 3.24. The van der Waals surface area contributed by atoms with Crippen molar-refractivity contribution in [1.82, 2.24) is 46.0 Å². The van der Waals surface area contributed by atoms with Crippen LogP contribution in [0.3, 0.4) is 0 Å². The Kier molecular flexibility index (Phi) is 90.8. The van der Waals surface area contributed by atoms with Crippen molar-refractivity contribution in [2.24, 2.45) is 11.8 Å². The number of piperazine rings is 1. The van der Waals surface area contributed by atoms with Gasteiger partial charge in [0.25, 0.3) is 0 Å². The topological polar surface area (TPSA) is 41.6 Å². The van der Waals surface area contributed by atoms with Crippen LogP contribution in [0.2, 0.25) is 0 Å². The van der Waals surface area contributed by atoms with E-state index in [1.165, 1.54) is 180 Å². The van der Waals surface area contributed by atoms with Gasteiger partial charge in [-0.05, 0) is 156 Å². The summed E-state index contributed by atoms with van der Waals surface area (Å²) < 4.78 is 24.0. The quantitative estimate of drug-likeness (QED) is 0.0447. The minimum atomic E-state index is -0.729. The zero-order valence-corrected chi connectivity index (χ0v) is 113. The smallest absolute Gasteiger partial charge is 0.248 e. The summed E-state index contributed by atoms with van der Waals surface area (Å²) in [5.41, 5.74) is 0.863. The molecule has 0 aromatic rings. The molecule has 5 aliphatic heterocycles. The maximum absolute atomic E-state index is 5.22. The van der Waals surface area contributed by atoms with Gasteiger partial charge in [0.2, 0.25) is 35.6 Å². The van der Waals surface area contributed by atoms with Gasteiger partial charge in [-0.3, -0.25) is 0 Å². The number of thioether (sulfide) groups is 1. The van der Waals surface area contributed by atoms with Crippen LogP contribution < -0.4 is 0 Å². The predicted molar refractivity (Wildman–Crippen MR) is 632 cm³/mol. The third-order valence-electron chi connectivity index (χ3n) is 17.1. The molecule has 5 heterocycles. The summed E-state index contributed by atoms with van der Waals surface area (Å²) >= 11 is 49.2. The summed E-state index contributed by atoms with van der Waals surface area (Å²) in [6.07, 6.45) is 19.0. The van der Waals surface area contributed by atoms with Gasteiger partial charge in [-0.2, -0.15) is 11.8 Å². The van der Waals surface area contributed by atoms with Crippen LogP contribution in [0.15, 0.2) is 0 Å². The number of likely N-dealkylation sites (N-methyl/N-ethyl adjacent to an activating group) is 1. The van der Waals surface area contributed by atoms with Crippen LogP contribution in [0.4, 0.5) is 0 Å². The second-order valence-electron chi connectivity index (χ2n) is 27.5. The van der Waals surface area contributed by atoms with Crippen molar-refractivity contribution in [3.05, 3.63) is 0 Å². The Balaban J connectivity index is -0.000000508. The largest absolute Gasteiger partial charge is 0.379 e. The Morgan fingerprint density at radius 2 is 0.796 bits per heavy atom. The van der Waals surface area contributed by atoms with Crippen molar-refractivity contribution in [3.8, 4) is 0 Å². The fourth-order valence-electron chi connectivity index (χ4n) is 11.3. The first kappa shape index (κ1) is 119. The maximum atomic E-state index is 5.22. The molecule has 5 rings (SSSR count). The summed E-state index contributed by atoms with van der Waals surface area (Å²) in [5.74, 6) is 4.33. The van der Waals surface area contributed by atoms with Gasteiger partial charge < -0.3 is 50.7 Å². The molecule has 0 N–H and O–H groups in total. The molecule has 4 unspecified atom stereocenters. The molecule has 0 radical (unpaired) electrons. The average Bonchev–Trinajstić information content (AvgIpc) is 0.780. The lowest BCUT2D eigenvalue weighted by atomic mass is 9.83. The van der Waals surface area contributed by atoms with Gasteiger partial charge in [0.1, 0.15) is 0 Å². The molecule has 0 saturated carbocycles. The molecule has 98 heavy (non-hydrogen) atoms.